The fraction of sp³-hybridized carbons (Fsp3) is 0.176. The van der Waals surface area contributed by atoms with Crippen molar-refractivity contribution in [3.05, 3.63) is 53.1 Å². The molecule has 1 atom stereocenters. The van der Waals surface area contributed by atoms with E-state index in [1.807, 2.05) is 0 Å². The van der Waals surface area contributed by atoms with Gasteiger partial charge >= 0.3 is 5.97 Å². The van der Waals surface area contributed by atoms with Crippen LogP contribution in [0.25, 0.3) is 0 Å². The van der Waals surface area contributed by atoms with Crippen molar-refractivity contribution in [1.82, 2.24) is 4.72 Å². The first-order chi connectivity index (χ1) is 12.2. The largest absolute Gasteiger partial charge is 0.507 e. The van der Waals surface area contributed by atoms with Crippen LogP contribution in [0.1, 0.15) is 33.8 Å². The number of carbonyl (C=O) groups is 2. The second kappa shape index (κ2) is 6.43. The normalized spacial score (nSPS) is 16.7. The Labute approximate surface area is 149 Å². The van der Waals surface area contributed by atoms with Crippen molar-refractivity contribution in [2.45, 2.75) is 17.2 Å². The summed E-state index contributed by atoms with van der Waals surface area (Å²) in [6.45, 7) is 0. The van der Waals surface area contributed by atoms with Gasteiger partial charge in [-0.3, -0.25) is 4.79 Å². The summed E-state index contributed by atoms with van der Waals surface area (Å²) < 4.78 is 25.9. The minimum absolute atomic E-state index is 0.0783. The quantitative estimate of drug-likeness (QED) is 0.639. The Bertz CT molecular complexity index is 999. The number of sulfonamides is 1. The number of rotatable bonds is 4. The first-order valence-corrected chi connectivity index (χ1v) is 9.15. The van der Waals surface area contributed by atoms with Crippen LogP contribution in [0.15, 0.2) is 41.3 Å². The number of hydrogen-bond donors (Lipinski definition) is 4. The zero-order valence-corrected chi connectivity index (χ0v) is 14.5. The predicted molar refractivity (Wildman–Crippen MR) is 92.8 cm³/mol. The molecule has 0 saturated heterocycles. The van der Waals surface area contributed by atoms with Crippen molar-refractivity contribution >= 4 is 27.6 Å². The molecule has 8 nitrogen and oxygen atoms in total. The molecule has 1 aliphatic rings. The molecule has 9 heteroatoms. The molecule has 2 aromatic carbocycles. The number of nitrogens with one attached hydrogen (secondary N) is 2. The smallest absolute Gasteiger partial charge is 0.339 e. The van der Waals surface area contributed by atoms with Crippen LogP contribution in [0, 0.1) is 0 Å². The van der Waals surface area contributed by atoms with E-state index in [9.17, 15) is 28.2 Å². The van der Waals surface area contributed by atoms with Crippen LogP contribution in [0.4, 0.5) is 5.69 Å². The number of anilines is 1. The number of aromatic carboxylic acids is 1. The Morgan fingerprint density at radius 2 is 1.88 bits per heavy atom. The summed E-state index contributed by atoms with van der Waals surface area (Å²) in [5.41, 5.74) is 1.28. The Morgan fingerprint density at radius 3 is 2.46 bits per heavy atom. The summed E-state index contributed by atoms with van der Waals surface area (Å²) >= 11 is 0. The van der Waals surface area contributed by atoms with Crippen molar-refractivity contribution in [2.75, 3.05) is 12.4 Å². The van der Waals surface area contributed by atoms with Crippen LogP contribution in [0.5, 0.6) is 5.75 Å². The van der Waals surface area contributed by atoms with Gasteiger partial charge in [0.15, 0.2) is 0 Å². The van der Waals surface area contributed by atoms with Gasteiger partial charge in [-0.2, -0.15) is 0 Å². The number of hydrogen-bond acceptors (Lipinski definition) is 5. The van der Waals surface area contributed by atoms with Crippen LogP contribution in [-0.4, -0.2) is 37.6 Å². The molecule has 0 unspecified atom stereocenters. The van der Waals surface area contributed by atoms with Crippen LogP contribution in [-0.2, 0) is 14.8 Å². The molecule has 1 heterocycles. The van der Waals surface area contributed by atoms with E-state index in [4.69, 9.17) is 0 Å². The summed E-state index contributed by atoms with van der Waals surface area (Å²) in [5.74, 6) is -2.45. The van der Waals surface area contributed by atoms with Crippen molar-refractivity contribution in [3.63, 3.8) is 0 Å². The maximum Gasteiger partial charge on any atom is 0.339 e. The van der Waals surface area contributed by atoms with Gasteiger partial charge in [0, 0.05) is 24.1 Å². The number of aromatic hydroxyl groups is 1. The summed E-state index contributed by atoms with van der Waals surface area (Å²) in [6, 6.07) is 8.56. The molecule has 136 valence electrons. The summed E-state index contributed by atoms with van der Waals surface area (Å²) in [4.78, 5) is 23.4. The highest BCUT2D eigenvalue weighted by molar-refractivity contribution is 7.89. The van der Waals surface area contributed by atoms with E-state index in [0.717, 1.165) is 0 Å². The third kappa shape index (κ3) is 3.14. The van der Waals surface area contributed by atoms with E-state index in [-0.39, 0.29) is 22.8 Å². The lowest BCUT2D eigenvalue weighted by atomic mass is 9.84. The maximum absolute atomic E-state index is 12.0. The third-order valence-corrected chi connectivity index (χ3v) is 5.73. The average Bonchev–Trinajstić information content (AvgIpc) is 2.60. The van der Waals surface area contributed by atoms with Gasteiger partial charge < -0.3 is 15.5 Å². The lowest BCUT2D eigenvalue weighted by Crippen LogP contribution is -2.24. The number of carboxylic acids is 1. The molecule has 2 aromatic rings. The van der Waals surface area contributed by atoms with Crippen molar-refractivity contribution in [3.8, 4) is 5.75 Å². The molecule has 0 radical (unpaired) electrons. The highest BCUT2D eigenvalue weighted by atomic mass is 32.2. The lowest BCUT2D eigenvalue weighted by Gasteiger charge is -2.26. The number of amides is 1. The summed E-state index contributed by atoms with van der Waals surface area (Å²) in [6.07, 6.45) is 0.0783. The second-order valence-corrected chi connectivity index (χ2v) is 7.73. The van der Waals surface area contributed by atoms with E-state index in [2.05, 4.69) is 10.0 Å². The summed E-state index contributed by atoms with van der Waals surface area (Å²) in [5, 5.41) is 21.6. The van der Waals surface area contributed by atoms with Gasteiger partial charge in [0.25, 0.3) is 0 Å². The van der Waals surface area contributed by atoms with Crippen LogP contribution in [0.2, 0.25) is 0 Å². The molecule has 1 aliphatic heterocycles. The minimum atomic E-state index is -3.58. The van der Waals surface area contributed by atoms with E-state index in [1.165, 1.54) is 31.3 Å². The molecule has 0 aliphatic carbocycles. The molecule has 0 fully saturated rings. The van der Waals surface area contributed by atoms with Gasteiger partial charge in [-0.1, -0.05) is 12.1 Å². The summed E-state index contributed by atoms with van der Waals surface area (Å²) in [7, 11) is -2.27. The van der Waals surface area contributed by atoms with Gasteiger partial charge in [0.1, 0.15) is 11.3 Å². The monoisotopic (exact) mass is 376 g/mol. The molecule has 26 heavy (non-hydrogen) atoms. The number of phenols is 1. The molecule has 3 rings (SSSR count). The Morgan fingerprint density at radius 1 is 1.23 bits per heavy atom. The highest BCUT2D eigenvalue weighted by Crippen LogP contribution is 2.40. The molecular formula is C17H16N2O6S. The van der Waals surface area contributed by atoms with Crippen molar-refractivity contribution in [1.29, 1.82) is 0 Å². The fourth-order valence-electron chi connectivity index (χ4n) is 2.96. The van der Waals surface area contributed by atoms with Gasteiger partial charge in [-0.05, 0) is 36.4 Å². The molecule has 0 aromatic heterocycles. The molecule has 0 spiro atoms. The lowest BCUT2D eigenvalue weighted by molar-refractivity contribution is -0.116. The topological polar surface area (TPSA) is 133 Å². The average molecular weight is 376 g/mol. The minimum Gasteiger partial charge on any atom is -0.507 e. The zero-order valence-electron chi connectivity index (χ0n) is 13.7. The molecule has 0 bridgehead atoms. The van der Waals surface area contributed by atoms with E-state index in [0.29, 0.717) is 16.8 Å². The van der Waals surface area contributed by atoms with Gasteiger partial charge in [0.05, 0.1) is 4.90 Å². The Balaban J connectivity index is 2.08. The van der Waals surface area contributed by atoms with Crippen molar-refractivity contribution < 1.29 is 28.2 Å². The van der Waals surface area contributed by atoms with Gasteiger partial charge in [-0.25, -0.2) is 17.9 Å². The predicted octanol–water partition coefficient (Wildman–Crippen LogP) is 1.47. The van der Waals surface area contributed by atoms with Crippen LogP contribution < -0.4 is 10.0 Å². The fourth-order valence-corrected chi connectivity index (χ4v) is 3.69. The van der Waals surface area contributed by atoms with Crippen LogP contribution in [0.3, 0.4) is 0 Å². The maximum atomic E-state index is 12.0. The standard InChI is InChI=1S/C17H16N2O6S/c1-18-26(24,25)10-4-2-9(3-5-10)11-7-16(21)19-14-8-15(20)13(17(22)23)6-12(11)14/h2-6,8,11,18,20H,7H2,1H3,(H,19,21)(H,22,23)/t11-/m1/s1. The van der Waals surface area contributed by atoms with E-state index >= 15 is 0 Å². The van der Waals surface area contributed by atoms with Gasteiger partial charge in [-0.15, -0.1) is 0 Å². The number of fused-ring (bicyclic) bond motifs is 1. The first kappa shape index (κ1) is 17.9. The molecule has 1 amide bonds. The molecular weight excluding hydrogens is 360 g/mol. The molecule has 0 saturated carbocycles. The number of carboxylic acid groups (broad SMARTS) is 1. The number of carbonyl (C=O) groups excluding carboxylic acids is 1. The SMILES string of the molecule is CNS(=O)(=O)c1ccc([C@H]2CC(=O)Nc3cc(O)c(C(=O)O)cc32)cc1. The third-order valence-electron chi connectivity index (χ3n) is 4.30. The van der Waals surface area contributed by atoms with E-state index < -0.39 is 27.7 Å². The molecule has 4 N–H and O–H groups in total. The van der Waals surface area contributed by atoms with Crippen LogP contribution >= 0.6 is 0 Å². The Hall–Kier alpha value is -2.91. The highest BCUT2D eigenvalue weighted by Gasteiger charge is 2.29. The number of benzene rings is 2. The zero-order chi connectivity index (χ0) is 19.1. The second-order valence-electron chi connectivity index (χ2n) is 5.84. The first-order valence-electron chi connectivity index (χ1n) is 7.66. The Kier molecular flexibility index (Phi) is 4.43. The van der Waals surface area contributed by atoms with Gasteiger partial charge in [0.2, 0.25) is 15.9 Å². The van der Waals surface area contributed by atoms with E-state index in [1.54, 1.807) is 12.1 Å². The van der Waals surface area contributed by atoms with Crippen molar-refractivity contribution in [2.24, 2.45) is 0 Å².